The van der Waals surface area contributed by atoms with E-state index in [4.69, 9.17) is 19.5 Å². The molecule has 0 amide bonds. The number of rotatable bonds is 8. The highest BCUT2D eigenvalue weighted by atomic mass is 16.5. The highest BCUT2D eigenvalue weighted by Crippen LogP contribution is 2.14. The first-order chi connectivity index (χ1) is 8.38. The van der Waals surface area contributed by atoms with Gasteiger partial charge in [0.25, 0.3) is 0 Å². The van der Waals surface area contributed by atoms with Gasteiger partial charge in [-0.25, -0.2) is 0 Å². The Bertz CT molecular complexity index is 363. The molecule has 0 aliphatic heterocycles. The second kappa shape index (κ2) is 8.50. The van der Waals surface area contributed by atoms with Crippen LogP contribution in [0.25, 0.3) is 0 Å². The van der Waals surface area contributed by atoms with Crippen molar-refractivity contribution in [1.82, 2.24) is 4.98 Å². The number of methoxy groups -OCH3 is 1. The fourth-order valence-electron chi connectivity index (χ4n) is 1.21. The Morgan fingerprint density at radius 2 is 2.18 bits per heavy atom. The van der Waals surface area contributed by atoms with E-state index < -0.39 is 0 Å². The second-order valence-electron chi connectivity index (χ2n) is 3.29. The summed E-state index contributed by atoms with van der Waals surface area (Å²) in [7, 11) is 1.66. The minimum atomic E-state index is 0.410. The van der Waals surface area contributed by atoms with E-state index >= 15 is 0 Å². The summed E-state index contributed by atoms with van der Waals surface area (Å²) >= 11 is 0. The van der Waals surface area contributed by atoms with Gasteiger partial charge in [-0.1, -0.05) is 0 Å². The molecule has 0 unspecified atom stereocenters. The summed E-state index contributed by atoms with van der Waals surface area (Å²) in [5.74, 6) is 0.496. The molecule has 0 aliphatic carbocycles. The molecule has 0 aromatic carbocycles. The summed E-state index contributed by atoms with van der Waals surface area (Å²) < 4.78 is 15.6. The summed E-state index contributed by atoms with van der Waals surface area (Å²) in [6, 6.07) is 3.66. The van der Waals surface area contributed by atoms with Crippen LogP contribution in [0.3, 0.4) is 0 Å². The molecule has 0 fully saturated rings. The van der Waals surface area contributed by atoms with Gasteiger partial charge in [-0.05, 0) is 12.5 Å². The van der Waals surface area contributed by atoms with Crippen LogP contribution in [-0.4, -0.2) is 38.5 Å². The van der Waals surface area contributed by atoms with Crippen LogP contribution in [0.15, 0.2) is 18.5 Å². The first-order valence-corrected chi connectivity index (χ1v) is 5.42. The number of nitriles is 1. The van der Waals surface area contributed by atoms with E-state index in [1.165, 1.54) is 6.20 Å². The number of aromatic nitrogens is 1. The van der Waals surface area contributed by atoms with Gasteiger partial charge in [-0.3, -0.25) is 4.98 Å². The summed E-state index contributed by atoms with van der Waals surface area (Å²) in [6.45, 7) is 2.24. The molecule has 1 heterocycles. The maximum Gasteiger partial charge on any atom is 0.155 e. The molecule has 92 valence electrons. The average molecular weight is 236 g/mol. The molecule has 5 nitrogen and oxygen atoms in total. The molecule has 0 spiro atoms. The van der Waals surface area contributed by atoms with Gasteiger partial charge in [0.2, 0.25) is 0 Å². The largest absolute Gasteiger partial charge is 0.488 e. The summed E-state index contributed by atoms with van der Waals surface area (Å²) in [4.78, 5) is 3.90. The van der Waals surface area contributed by atoms with Crippen molar-refractivity contribution in [2.45, 2.75) is 6.42 Å². The van der Waals surface area contributed by atoms with E-state index in [1.807, 2.05) is 6.07 Å². The topological polar surface area (TPSA) is 64.4 Å². The fourth-order valence-corrected chi connectivity index (χ4v) is 1.21. The van der Waals surface area contributed by atoms with Crippen molar-refractivity contribution in [3.8, 4) is 11.8 Å². The molecular weight excluding hydrogens is 220 g/mol. The zero-order valence-corrected chi connectivity index (χ0v) is 9.89. The lowest BCUT2D eigenvalue weighted by molar-refractivity contribution is 0.0805. The first-order valence-electron chi connectivity index (χ1n) is 5.42. The van der Waals surface area contributed by atoms with Crippen LogP contribution in [0.5, 0.6) is 5.75 Å². The van der Waals surface area contributed by atoms with Crippen molar-refractivity contribution in [1.29, 1.82) is 5.26 Å². The maximum atomic E-state index is 8.82. The third-order valence-electron chi connectivity index (χ3n) is 2.03. The van der Waals surface area contributed by atoms with Crippen LogP contribution in [0.1, 0.15) is 12.0 Å². The van der Waals surface area contributed by atoms with Crippen LogP contribution >= 0.6 is 0 Å². The van der Waals surface area contributed by atoms with Crippen molar-refractivity contribution in [3.05, 3.63) is 24.0 Å². The molecule has 1 aromatic heterocycles. The van der Waals surface area contributed by atoms with Crippen molar-refractivity contribution < 1.29 is 14.2 Å². The number of ether oxygens (including phenoxy) is 3. The lowest BCUT2D eigenvalue weighted by Crippen LogP contribution is -2.09. The van der Waals surface area contributed by atoms with Gasteiger partial charge in [-0.2, -0.15) is 5.26 Å². The summed E-state index contributed by atoms with van der Waals surface area (Å²) in [6.07, 6.45) is 3.96. The lowest BCUT2D eigenvalue weighted by atomic mass is 10.3. The molecule has 0 radical (unpaired) electrons. The third kappa shape index (κ3) is 5.29. The van der Waals surface area contributed by atoms with Gasteiger partial charge in [0.05, 0.1) is 18.4 Å². The normalized spacial score (nSPS) is 9.88. The number of nitrogens with zero attached hydrogens (tertiary/aromatic N) is 2. The van der Waals surface area contributed by atoms with E-state index in [2.05, 4.69) is 4.98 Å². The predicted octanol–water partition coefficient (Wildman–Crippen LogP) is 1.39. The smallest absolute Gasteiger partial charge is 0.155 e. The minimum Gasteiger partial charge on any atom is -0.488 e. The maximum absolute atomic E-state index is 8.82. The second-order valence-corrected chi connectivity index (χ2v) is 3.29. The first kappa shape index (κ1) is 13.4. The quantitative estimate of drug-likeness (QED) is 0.638. The molecule has 0 saturated carbocycles. The van der Waals surface area contributed by atoms with E-state index in [9.17, 15) is 0 Å². The van der Waals surface area contributed by atoms with E-state index in [0.29, 0.717) is 37.7 Å². The molecule has 0 aliphatic rings. The highest BCUT2D eigenvalue weighted by molar-refractivity contribution is 5.40. The SMILES string of the molecule is COCCCOCCOc1cnccc1C#N. The van der Waals surface area contributed by atoms with Crippen molar-refractivity contribution in [2.75, 3.05) is 33.5 Å². The predicted molar refractivity (Wildman–Crippen MR) is 61.8 cm³/mol. The zero-order chi connectivity index (χ0) is 12.3. The van der Waals surface area contributed by atoms with Gasteiger partial charge >= 0.3 is 0 Å². The van der Waals surface area contributed by atoms with E-state index in [-0.39, 0.29) is 0 Å². The van der Waals surface area contributed by atoms with Crippen LogP contribution in [0.4, 0.5) is 0 Å². The Morgan fingerprint density at radius 3 is 2.94 bits per heavy atom. The number of hydrogen-bond acceptors (Lipinski definition) is 5. The fraction of sp³-hybridized carbons (Fsp3) is 0.500. The van der Waals surface area contributed by atoms with E-state index in [0.717, 1.165) is 6.42 Å². The monoisotopic (exact) mass is 236 g/mol. The average Bonchev–Trinajstić information content (AvgIpc) is 2.38. The Labute approximate surface area is 101 Å². The molecule has 17 heavy (non-hydrogen) atoms. The minimum absolute atomic E-state index is 0.410. The summed E-state index contributed by atoms with van der Waals surface area (Å²) in [5, 5.41) is 8.82. The van der Waals surface area contributed by atoms with Crippen LogP contribution in [0, 0.1) is 11.3 Å². The Hall–Kier alpha value is -1.64. The van der Waals surface area contributed by atoms with Crippen LogP contribution in [-0.2, 0) is 9.47 Å². The van der Waals surface area contributed by atoms with Gasteiger partial charge in [0.1, 0.15) is 12.7 Å². The van der Waals surface area contributed by atoms with Gasteiger partial charge in [0.15, 0.2) is 5.75 Å². The Morgan fingerprint density at radius 1 is 1.29 bits per heavy atom. The van der Waals surface area contributed by atoms with Crippen molar-refractivity contribution >= 4 is 0 Å². The standard InChI is InChI=1S/C12H16N2O3/c1-15-5-2-6-16-7-8-17-12-10-14-4-3-11(12)9-13/h3-4,10H,2,5-8H2,1H3. The Balaban J connectivity index is 2.16. The molecule has 0 bridgehead atoms. The highest BCUT2D eigenvalue weighted by Gasteiger charge is 2.01. The molecule has 1 aromatic rings. The van der Waals surface area contributed by atoms with Crippen molar-refractivity contribution in [3.63, 3.8) is 0 Å². The Kier molecular flexibility index (Phi) is 6.72. The van der Waals surface area contributed by atoms with Gasteiger partial charge in [-0.15, -0.1) is 0 Å². The van der Waals surface area contributed by atoms with Crippen molar-refractivity contribution in [2.24, 2.45) is 0 Å². The number of hydrogen-bond donors (Lipinski definition) is 0. The summed E-state index contributed by atoms with van der Waals surface area (Å²) in [5.41, 5.74) is 0.486. The van der Waals surface area contributed by atoms with Gasteiger partial charge < -0.3 is 14.2 Å². The number of pyridine rings is 1. The molecule has 1 rings (SSSR count). The molecular formula is C12H16N2O3. The van der Waals surface area contributed by atoms with E-state index in [1.54, 1.807) is 19.4 Å². The zero-order valence-electron chi connectivity index (χ0n) is 9.89. The van der Waals surface area contributed by atoms with Crippen LogP contribution < -0.4 is 4.74 Å². The molecule has 5 heteroatoms. The third-order valence-corrected chi connectivity index (χ3v) is 2.03. The van der Waals surface area contributed by atoms with Crippen LogP contribution in [0.2, 0.25) is 0 Å². The molecule has 0 N–H and O–H groups in total. The van der Waals surface area contributed by atoms with Gasteiger partial charge in [0, 0.05) is 26.5 Å². The molecule has 0 saturated heterocycles. The lowest BCUT2D eigenvalue weighted by Gasteiger charge is -2.07. The molecule has 0 atom stereocenters.